The Morgan fingerprint density at radius 2 is 1.89 bits per heavy atom. The largest absolute Gasteiger partial charge is 0.494 e. The van der Waals surface area contributed by atoms with Crippen molar-refractivity contribution in [3.8, 4) is 5.75 Å². The molecule has 2 fully saturated rings. The molecular formula is C14H22N4O. The number of nitrogens with one attached hydrogen (secondary N) is 1. The van der Waals surface area contributed by atoms with Gasteiger partial charge in [0.2, 0.25) is 5.95 Å². The van der Waals surface area contributed by atoms with Gasteiger partial charge in [0.25, 0.3) is 0 Å². The Labute approximate surface area is 114 Å². The molecule has 0 spiro atoms. The molecule has 5 heteroatoms. The van der Waals surface area contributed by atoms with Crippen LogP contribution < -0.4 is 15.0 Å². The zero-order valence-corrected chi connectivity index (χ0v) is 11.7. The fraction of sp³-hybridized carbons (Fsp3) is 0.714. The SMILES string of the molecule is CCN(c1ncc(OC)cn1)C1CC2CCC(C1)N2. The zero-order valence-electron chi connectivity index (χ0n) is 11.7. The normalized spacial score (nSPS) is 29.3. The summed E-state index contributed by atoms with van der Waals surface area (Å²) in [5, 5.41) is 3.68. The van der Waals surface area contributed by atoms with Gasteiger partial charge in [-0.2, -0.15) is 0 Å². The summed E-state index contributed by atoms with van der Waals surface area (Å²) in [5.74, 6) is 1.54. The highest BCUT2D eigenvalue weighted by Gasteiger charge is 2.36. The van der Waals surface area contributed by atoms with E-state index in [1.54, 1.807) is 19.5 Å². The monoisotopic (exact) mass is 262 g/mol. The molecule has 5 nitrogen and oxygen atoms in total. The second kappa shape index (κ2) is 5.33. The molecule has 2 aliphatic heterocycles. The molecule has 3 heterocycles. The first kappa shape index (κ1) is 12.7. The van der Waals surface area contributed by atoms with E-state index in [1.807, 2.05) is 0 Å². The predicted molar refractivity (Wildman–Crippen MR) is 74.6 cm³/mol. The number of piperidine rings is 1. The van der Waals surface area contributed by atoms with E-state index in [-0.39, 0.29) is 0 Å². The summed E-state index contributed by atoms with van der Waals surface area (Å²) < 4.78 is 5.12. The van der Waals surface area contributed by atoms with E-state index in [0.29, 0.717) is 23.9 Å². The molecule has 2 unspecified atom stereocenters. The van der Waals surface area contributed by atoms with Crippen molar-refractivity contribution in [2.24, 2.45) is 0 Å². The minimum atomic E-state index is 0.567. The number of methoxy groups -OCH3 is 1. The van der Waals surface area contributed by atoms with Crippen molar-refractivity contribution < 1.29 is 4.74 Å². The van der Waals surface area contributed by atoms with E-state index in [0.717, 1.165) is 12.5 Å². The van der Waals surface area contributed by atoms with Crippen LogP contribution in [0, 0.1) is 0 Å². The molecule has 1 N–H and O–H groups in total. The first-order chi connectivity index (χ1) is 9.30. The van der Waals surface area contributed by atoms with E-state index in [1.165, 1.54) is 25.7 Å². The van der Waals surface area contributed by atoms with E-state index in [9.17, 15) is 0 Å². The van der Waals surface area contributed by atoms with Crippen LogP contribution in [0.4, 0.5) is 5.95 Å². The molecule has 0 radical (unpaired) electrons. The summed E-state index contributed by atoms with van der Waals surface area (Å²) in [6.45, 7) is 3.13. The summed E-state index contributed by atoms with van der Waals surface area (Å²) in [5.41, 5.74) is 0. The average molecular weight is 262 g/mol. The molecule has 2 bridgehead atoms. The lowest BCUT2D eigenvalue weighted by molar-refractivity contribution is 0.346. The van der Waals surface area contributed by atoms with E-state index in [2.05, 4.69) is 27.1 Å². The lowest BCUT2D eigenvalue weighted by atomic mass is 9.98. The molecule has 1 aromatic heterocycles. The van der Waals surface area contributed by atoms with Crippen molar-refractivity contribution in [2.45, 2.75) is 50.7 Å². The predicted octanol–water partition coefficient (Wildman–Crippen LogP) is 1.59. The quantitative estimate of drug-likeness (QED) is 0.893. The van der Waals surface area contributed by atoms with Gasteiger partial charge in [-0.3, -0.25) is 0 Å². The van der Waals surface area contributed by atoms with Gasteiger partial charge in [0, 0.05) is 24.7 Å². The van der Waals surface area contributed by atoms with Crippen LogP contribution in [0.2, 0.25) is 0 Å². The minimum absolute atomic E-state index is 0.567. The fourth-order valence-electron chi connectivity index (χ4n) is 3.41. The number of fused-ring (bicyclic) bond motifs is 2. The summed E-state index contributed by atoms with van der Waals surface area (Å²) in [4.78, 5) is 11.2. The summed E-state index contributed by atoms with van der Waals surface area (Å²) >= 11 is 0. The molecule has 0 saturated carbocycles. The number of hydrogen-bond acceptors (Lipinski definition) is 5. The maximum Gasteiger partial charge on any atom is 0.225 e. The van der Waals surface area contributed by atoms with E-state index in [4.69, 9.17) is 4.74 Å². The third-order valence-electron chi connectivity index (χ3n) is 4.34. The highest BCUT2D eigenvalue weighted by molar-refractivity contribution is 5.33. The van der Waals surface area contributed by atoms with Crippen molar-refractivity contribution >= 4 is 5.95 Å². The lowest BCUT2D eigenvalue weighted by Gasteiger charge is -2.37. The van der Waals surface area contributed by atoms with Crippen molar-refractivity contribution in [1.82, 2.24) is 15.3 Å². The Bertz CT molecular complexity index is 410. The zero-order chi connectivity index (χ0) is 13.2. The molecule has 3 rings (SSSR count). The fourth-order valence-corrected chi connectivity index (χ4v) is 3.41. The summed E-state index contributed by atoms with van der Waals surface area (Å²) in [7, 11) is 1.64. The smallest absolute Gasteiger partial charge is 0.225 e. The van der Waals surface area contributed by atoms with Crippen LogP contribution in [0.3, 0.4) is 0 Å². The standard InChI is InChI=1S/C14H22N4O/c1-3-18(14-15-8-13(19-2)9-16-14)12-6-10-4-5-11(7-12)17-10/h8-12,17H,3-7H2,1-2H3. The van der Waals surface area contributed by atoms with Gasteiger partial charge in [-0.25, -0.2) is 9.97 Å². The number of aromatic nitrogens is 2. The van der Waals surface area contributed by atoms with Crippen molar-refractivity contribution in [3.63, 3.8) is 0 Å². The van der Waals surface area contributed by atoms with Crippen LogP contribution in [0.1, 0.15) is 32.6 Å². The highest BCUT2D eigenvalue weighted by Crippen LogP contribution is 2.31. The van der Waals surface area contributed by atoms with Crippen molar-refractivity contribution in [3.05, 3.63) is 12.4 Å². The van der Waals surface area contributed by atoms with Crippen LogP contribution in [-0.4, -0.2) is 41.7 Å². The van der Waals surface area contributed by atoms with Gasteiger partial charge in [0.15, 0.2) is 5.75 Å². The lowest BCUT2D eigenvalue weighted by Crippen LogP contribution is -2.48. The molecule has 104 valence electrons. The molecule has 1 aromatic rings. The second-order valence-electron chi connectivity index (χ2n) is 5.47. The van der Waals surface area contributed by atoms with Gasteiger partial charge in [-0.05, 0) is 32.6 Å². The molecular weight excluding hydrogens is 240 g/mol. The van der Waals surface area contributed by atoms with E-state index >= 15 is 0 Å². The Morgan fingerprint density at radius 1 is 1.26 bits per heavy atom. The number of hydrogen-bond donors (Lipinski definition) is 1. The van der Waals surface area contributed by atoms with Crippen LogP contribution >= 0.6 is 0 Å². The van der Waals surface area contributed by atoms with Crippen molar-refractivity contribution in [2.75, 3.05) is 18.6 Å². The number of nitrogens with zero attached hydrogens (tertiary/aromatic N) is 3. The number of ether oxygens (including phenoxy) is 1. The third kappa shape index (κ3) is 2.52. The van der Waals surface area contributed by atoms with Crippen LogP contribution in [0.15, 0.2) is 12.4 Å². The van der Waals surface area contributed by atoms with Crippen molar-refractivity contribution in [1.29, 1.82) is 0 Å². The molecule has 19 heavy (non-hydrogen) atoms. The van der Waals surface area contributed by atoms with Gasteiger partial charge in [0.05, 0.1) is 19.5 Å². The minimum Gasteiger partial charge on any atom is -0.494 e. The highest BCUT2D eigenvalue weighted by atomic mass is 16.5. The Kier molecular flexibility index (Phi) is 3.55. The summed E-state index contributed by atoms with van der Waals surface area (Å²) in [6, 6.07) is 1.95. The van der Waals surface area contributed by atoms with E-state index < -0.39 is 0 Å². The molecule has 0 aliphatic carbocycles. The Hall–Kier alpha value is -1.36. The van der Waals surface area contributed by atoms with Crippen LogP contribution in [0.5, 0.6) is 5.75 Å². The van der Waals surface area contributed by atoms with Gasteiger partial charge in [-0.1, -0.05) is 0 Å². The van der Waals surface area contributed by atoms with Gasteiger partial charge in [0.1, 0.15) is 0 Å². The number of anilines is 1. The average Bonchev–Trinajstić information content (AvgIpc) is 2.79. The Balaban J connectivity index is 1.75. The first-order valence-electron chi connectivity index (χ1n) is 7.19. The second-order valence-corrected chi connectivity index (χ2v) is 5.47. The molecule has 2 saturated heterocycles. The molecule has 2 aliphatic rings. The maximum absolute atomic E-state index is 5.12. The topological polar surface area (TPSA) is 50.3 Å². The van der Waals surface area contributed by atoms with Gasteiger partial charge in [-0.15, -0.1) is 0 Å². The third-order valence-corrected chi connectivity index (χ3v) is 4.34. The van der Waals surface area contributed by atoms with Crippen LogP contribution in [0.25, 0.3) is 0 Å². The Morgan fingerprint density at radius 3 is 2.42 bits per heavy atom. The number of rotatable bonds is 4. The van der Waals surface area contributed by atoms with Gasteiger partial charge >= 0.3 is 0 Å². The molecule has 0 amide bonds. The molecule has 2 atom stereocenters. The van der Waals surface area contributed by atoms with Crippen LogP contribution in [-0.2, 0) is 0 Å². The van der Waals surface area contributed by atoms with Gasteiger partial charge < -0.3 is 15.0 Å². The summed E-state index contributed by atoms with van der Waals surface area (Å²) in [6.07, 6.45) is 8.56. The maximum atomic E-state index is 5.12. The first-order valence-corrected chi connectivity index (χ1v) is 7.19. The molecule has 0 aromatic carbocycles.